The third-order valence-electron chi connectivity index (χ3n) is 1.31. The normalized spacial score (nSPS) is 10.9. The highest BCUT2D eigenvalue weighted by Crippen LogP contribution is 2.13. The Morgan fingerprint density at radius 3 is 2.73 bits per heavy atom. The summed E-state index contributed by atoms with van der Waals surface area (Å²) in [6.45, 7) is 4.92. The van der Waals surface area contributed by atoms with Gasteiger partial charge in [-0.05, 0) is 12.1 Å². The van der Waals surface area contributed by atoms with Gasteiger partial charge in [0.2, 0.25) is 0 Å². The molecular weight excluding hydrogens is 161 g/mol. The SMILES string of the molecule is CC(C)NCc1ccc(F)s1. The highest BCUT2D eigenvalue weighted by atomic mass is 32.1. The summed E-state index contributed by atoms with van der Waals surface area (Å²) in [5, 5.41) is 3.11. The molecule has 3 heteroatoms. The van der Waals surface area contributed by atoms with E-state index in [-0.39, 0.29) is 5.13 Å². The Labute approximate surface area is 70.2 Å². The van der Waals surface area contributed by atoms with Crippen LogP contribution >= 0.6 is 11.3 Å². The van der Waals surface area contributed by atoms with Crippen molar-refractivity contribution in [2.75, 3.05) is 0 Å². The van der Waals surface area contributed by atoms with Crippen LogP contribution in [0.3, 0.4) is 0 Å². The average molecular weight is 173 g/mol. The number of nitrogens with one attached hydrogen (secondary N) is 1. The highest BCUT2D eigenvalue weighted by molar-refractivity contribution is 7.10. The summed E-state index contributed by atoms with van der Waals surface area (Å²) in [6, 6.07) is 3.78. The lowest BCUT2D eigenvalue weighted by atomic mass is 10.4. The predicted octanol–water partition coefficient (Wildman–Crippen LogP) is 2.39. The summed E-state index contributed by atoms with van der Waals surface area (Å²) in [7, 11) is 0. The first-order valence-electron chi connectivity index (χ1n) is 3.66. The van der Waals surface area contributed by atoms with Gasteiger partial charge in [-0.1, -0.05) is 13.8 Å². The van der Waals surface area contributed by atoms with Crippen molar-refractivity contribution < 1.29 is 4.39 Å². The zero-order valence-corrected chi connectivity index (χ0v) is 7.54. The van der Waals surface area contributed by atoms with Crippen molar-refractivity contribution in [2.45, 2.75) is 26.4 Å². The largest absolute Gasteiger partial charge is 0.310 e. The van der Waals surface area contributed by atoms with Crippen molar-refractivity contribution in [3.8, 4) is 0 Å². The van der Waals surface area contributed by atoms with Gasteiger partial charge in [-0.2, -0.15) is 4.39 Å². The number of thiophene rings is 1. The van der Waals surface area contributed by atoms with E-state index in [4.69, 9.17) is 0 Å². The molecule has 1 aromatic heterocycles. The van der Waals surface area contributed by atoms with Gasteiger partial charge in [-0.15, -0.1) is 11.3 Å². The second-order valence-electron chi connectivity index (χ2n) is 2.74. The van der Waals surface area contributed by atoms with Crippen LogP contribution in [0.4, 0.5) is 4.39 Å². The topological polar surface area (TPSA) is 12.0 Å². The summed E-state index contributed by atoms with van der Waals surface area (Å²) in [6.07, 6.45) is 0. The molecule has 1 nitrogen and oxygen atoms in total. The van der Waals surface area contributed by atoms with Crippen molar-refractivity contribution in [3.05, 3.63) is 22.1 Å². The van der Waals surface area contributed by atoms with E-state index in [1.807, 2.05) is 6.07 Å². The molecule has 0 aliphatic rings. The van der Waals surface area contributed by atoms with Crippen LogP contribution in [0.15, 0.2) is 12.1 Å². The maximum Gasteiger partial charge on any atom is 0.176 e. The van der Waals surface area contributed by atoms with Gasteiger partial charge in [0.25, 0.3) is 0 Å². The van der Waals surface area contributed by atoms with Gasteiger partial charge in [-0.25, -0.2) is 0 Å². The van der Waals surface area contributed by atoms with Crippen LogP contribution in [0.25, 0.3) is 0 Å². The lowest BCUT2D eigenvalue weighted by molar-refractivity contribution is 0.593. The molecule has 0 aromatic carbocycles. The number of hydrogen-bond donors (Lipinski definition) is 1. The van der Waals surface area contributed by atoms with Crippen LogP contribution in [-0.2, 0) is 6.54 Å². The van der Waals surface area contributed by atoms with Crippen LogP contribution in [0.1, 0.15) is 18.7 Å². The third kappa shape index (κ3) is 2.99. The molecule has 1 heterocycles. The summed E-state index contributed by atoms with van der Waals surface area (Å²) in [4.78, 5) is 1.05. The Balaban J connectivity index is 2.39. The fraction of sp³-hybridized carbons (Fsp3) is 0.500. The smallest absolute Gasteiger partial charge is 0.176 e. The molecule has 0 saturated carbocycles. The molecule has 1 N–H and O–H groups in total. The first-order chi connectivity index (χ1) is 5.18. The van der Waals surface area contributed by atoms with E-state index in [9.17, 15) is 4.39 Å². The second-order valence-corrected chi connectivity index (χ2v) is 3.86. The molecule has 0 unspecified atom stereocenters. The van der Waals surface area contributed by atoms with E-state index < -0.39 is 0 Å². The van der Waals surface area contributed by atoms with Gasteiger partial charge in [-0.3, -0.25) is 0 Å². The van der Waals surface area contributed by atoms with Crippen molar-refractivity contribution in [2.24, 2.45) is 0 Å². The van der Waals surface area contributed by atoms with E-state index in [1.165, 1.54) is 17.4 Å². The summed E-state index contributed by atoms with van der Waals surface area (Å²) in [5.74, 6) is 0. The standard InChI is InChI=1S/C8H12FNS/c1-6(2)10-5-7-3-4-8(9)11-7/h3-4,6,10H,5H2,1-2H3. The van der Waals surface area contributed by atoms with Gasteiger partial charge in [0.15, 0.2) is 5.13 Å². The minimum absolute atomic E-state index is 0.106. The summed E-state index contributed by atoms with van der Waals surface area (Å²) in [5.41, 5.74) is 0. The first-order valence-corrected chi connectivity index (χ1v) is 4.47. The minimum Gasteiger partial charge on any atom is -0.310 e. The Kier molecular flexibility index (Phi) is 3.02. The molecule has 0 saturated heterocycles. The van der Waals surface area contributed by atoms with Gasteiger partial charge < -0.3 is 5.32 Å². The molecule has 62 valence electrons. The molecule has 1 rings (SSSR count). The van der Waals surface area contributed by atoms with E-state index >= 15 is 0 Å². The molecule has 0 spiro atoms. The zero-order chi connectivity index (χ0) is 8.27. The molecule has 0 atom stereocenters. The highest BCUT2D eigenvalue weighted by Gasteiger charge is 1.98. The number of rotatable bonds is 3. The van der Waals surface area contributed by atoms with Crippen molar-refractivity contribution in [1.82, 2.24) is 5.32 Å². The maximum atomic E-state index is 12.4. The average Bonchev–Trinajstić information content (AvgIpc) is 2.31. The van der Waals surface area contributed by atoms with Crippen molar-refractivity contribution in [1.29, 1.82) is 0 Å². The third-order valence-corrected chi connectivity index (χ3v) is 2.19. The second kappa shape index (κ2) is 3.83. The fourth-order valence-electron chi connectivity index (χ4n) is 0.751. The van der Waals surface area contributed by atoms with Crippen LogP contribution in [0.2, 0.25) is 0 Å². The van der Waals surface area contributed by atoms with E-state index in [2.05, 4.69) is 19.2 Å². The molecule has 0 aliphatic heterocycles. The molecule has 11 heavy (non-hydrogen) atoms. The number of hydrogen-bond acceptors (Lipinski definition) is 2. The maximum absolute atomic E-state index is 12.4. The van der Waals surface area contributed by atoms with Gasteiger partial charge in [0, 0.05) is 17.5 Å². The van der Waals surface area contributed by atoms with Crippen LogP contribution in [-0.4, -0.2) is 6.04 Å². The molecule has 0 fully saturated rings. The number of halogens is 1. The van der Waals surface area contributed by atoms with Crippen LogP contribution < -0.4 is 5.32 Å². The van der Waals surface area contributed by atoms with E-state index in [0.717, 1.165) is 11.4 Å². The molecule has 0 amide bonds. The zero-order valence-electron chi connectivity index (χ0n) is 6.73. The summed E-state index contributed by atoms with van der Waals surface area (Å²) < 4.78 is 12.4. The molecule has 0 aliphatic carbocycles. The summed E-state index contributed by atoms with van der Waals surface area (Å²) >= 11 is 1.20. The van der Waals surface area contributed by atoms with E-state index in [0.29, 0.717) is 6.04 Å². The van der Waals surface area contributed by atoms with Crippen molar-refractivity contribution in [3.63, 3.8) is 0 Å². The quantitative estimate of drug-likeness (QED) is 0.740. The predicted molar refractivity (Wildman–Crippen MR) is 46.3 cm³/mol. The molecule has 0 radical (unpaired) electrons. The Hall–Kier alpha value is -0.410. The Morgan fingerprint density at radius 2 is 2.27 bits per heavy atom. The monoisotopic (exact) mass is 173 g/mol. The van der Waals surface area contributed by atoms with Gasteiger partial charge in [0.05, 0.1) is 0 Å². The molecule has 0 bridgehead atoms. The Bertz CT molecular complexity index is 220. The van der Waals surface area contributed by atoms with Crippen LogP contribution in [0.5, 0.6) is 0 Å². The minimum atomic E-state index is -0.106. The lowest BCUT2D eigenvalue weighted by Crippen LogP contribution is -2.21. The van der Waals surface area contributed by atoms with Gasteiger partial charge in [0.1, 0.15) is 0 Å². The first kappa shape index (κ1) is 8.68. The molecule has 1 aromatic rings. The van der Waals surface area contributed by atoms with Crippen LogP contribution in [0, 0.1) is 5.13 Å². The van der Waals surface area contributed by atoms with Gasteiger partial charge >= 0.3 is 0 Å². The lowest BCUT2D eigenvalue weighted by Gasteiger charge is -2.04. The van der Waals surface area contributed by atoms with E-state index in [1.54, 1.807) is 0 Å². The Morgan fingerprint density at radius 1 is 1.55 bits per heavy atom. The fourth-order valence-corrected chi connectivity index (χ4v) is 1.43. The van der Waals surface area contributed by atoms with Crippen molar-refractivity contribution >= 4 is 11.3 Å². The molecular formula is C8H12FNS.